The molecular weight excluding hydrogens is 787 g/mol. The summed E-state index contributed by atoms with van der Waals surface area (Å²) >= 11 is 0. The van der Waals surface area contributed by atoms with Crippen LogP contribution in [0.15, 0.2) is 91.0 Å². The summed E-state index contributed by atoms with van der Waals surface area (Å²) in [7, 11) is 0. The number of ether oxygens (including phenoxy) is 5. The molecule has 0 N–H and O–H groups in total. The number of alkyl halides is 2. The number of esters is 1. The van der Waals surface area contributed by atoms with Gasteiger partial charge in [-0.15, -0.1) is 0 Å². The Morgan fingerprint density at radius 1 is 0.756 bits per heavy atom. The molecule has 1 aliphatic rings. The van der Waals surface area contributed by atoms with Crippen molar-refractivity contribution in [2.45, 2.75) is 63.2 Å². The number of rotatable bonds is 12. The van der Waals surface area contributed by atoms with E-state index < -0.39 is 42.4 Å². The smallest absolute Gasteiger partial charge is 1.00 e. The van der Waals surface area contributed by atoms with Gasteiger partial charge in [0.1, 0.15) is 18.3 Å². The van der Waals surface area contributed by atoms with Gasteiger partial charge in [0, 0.05) is 0 Å². The average molecular weight is 820 g/mol. The van der Waals surface area contributed by atoms with E-state index in [4.69, 9.17) is 18.9 Å². The summed E-state index contributed by atoms with van der Waals surface area (Å²) in [5, 5.41) is 0. The second-order valence-electron chi connectivity index (χ2n) is 9.22. The minimum absolute atomic E-state index is 0. The van der Waals surface area contributed by atoms with Crippen LogP contribution in [0, 0.1) is 6.92 Å². The minimum atomic E-state index is -4.02. The maximum Gasteiger partial charge on any atom is 1.00 e. The molecular formula is C31H33BrF2HgO6. The van der Waals surface area contributed by atoms with E-state index in [0.717, 1.165) is 16.7 Å². The molecule has 0 bridgehead atoms. The topological polar surface area (TPSA) is 63.2 Å². The molecule has 1 aliphatic heterocycles. The van der Waals surface area contributed by atoms with E-state index in [1.165, 1.54) is 6.92 Å². The van der Waals surface area contributed by atoms with Crippen LogP contribution >= 0.6 is 0 Å². The van der Waals surface area contributed by atoms with Crippen LogP contribution in [0.5, 0.6) is 0 Å². The van der Waals surface area contributed by atoms with E-state index >= 15 is 8.78 Å². The Kier molecular flexibility index (Phi) is 15.0. The van der Waals surface area contributed by atoms with Crippen LogP contribution in [0.2, 0.25) is 0 Å². The fraction of sp³-hybridized carbons (Fsp3) is 0.355. The summed E-state index contributed by atoms with van der Waals surface area (Å²) in [5.41, 5.74) is 2.48. The SMILES string of the molecule is [Br-].[CH2][C@@H]1O[C@H](C(F)(F)C(=O)OCC)[C@H](OCc2ccccc2)[C@@H](OCc2ccccc2)[C@@H]1OCc1ccccc1.[Hg+]. The largest absolute Gasteiger partial charge is 1.00 e. The van der Waals surface area contributed by atoms with Gasteiger partial charge in [-0.2, -0.15) is 8.78 Å². The quantitative estimate of drug-likeness (QED) is 0.207. The number of hydrogen-bond donors (Lipinski definition) is 0. The van der Waals surface area contributed by atoms with Crippen LogP contribution in [-0.2, 0) is 76.0 Å². The van der Waals surface area contributed by atoms with Crippen molar-refractivity contribution in [1.82, 2.24) is 0 Å². The van der Waals surface area contributed by atoms with Gasteiger partial charge in [0.15, 0.2) is 6.10 Å². The molecule has 6 nitrogen and oxygen atoms in total. The first-order valence-corrected chi connectivity index (χ1v) is 12.9. The van der Waals surface area contributed by atoms with Gasteiger partial charge in [-0.05, 0) is 30.5 Å². The zero-order valence-electron chi connectivity index (χ0n) is 22.9. The zero-order valence-corrected chi connectivity index (χ0v) is 30.0. The molecule has 0 unspecified atom stereocenters. The third-order valence-corrected chi connectivity index (χ3v) is 6.39. The summed E-state index contributed by atoms with van der Waals surface area (Å²) in [5.74, 6) is -5.72. The first-order valence-electron chi connectivity index (χ1n) is 12.9. The Morgan fingerprint density at radius 2 is 1.15 bits per heavy atom. The molecule has 2 radical (unpaired) electrons. The monoisotopic (exact) mass is 820 g/mol. The summed E-state index contributed by atoms with van der Waals surface area (Å²) in [6.45, 7) is 5.47. The predicted molar refractivity (Wildman–Crippen MR) is 141 cm³/mol. The Labute approximate surface area is 270 Å². The molecule has 1 heterocycles. The van der Waals surface area contributed by atoms with Gasteiger partial charge in [-0.25, -0.2) is 4.79 Å². The van der Waals surface area contributed by atoms with Gasteiger partial charge in [-0.3, -0.25) is 0 Å². The molecule has 0 saturated carbocycles. The second-order valence-corrected chi connectivity index (χ2v) is 9.22. The van der Waals surface area contributed by atoms with E-state index in [0.29, 0.717) is 0 Å². The summed E-state index contributed by atoms with van der Waals surface area (Å²) in [6.07, 6.45) is -6.40. The van der Waals surface area contributed by atoms with Gasteiger partial charge in [0.2, 0.25) is 0 Å². The number of halogens is 3. The van der Waals surface area contributed by atoms with Crippen molar-refractivity contribution in [2.24, 2.45) is 0 Å². The van der Waals surface area contributed by atoms with E-state index in [1.807, 2.05) is 91.0 Å². The van der Waals surface area contributed by atoms with Crippen LogP contribution in [0.1, 0.15) is 23.6 Å². The van der Waals surface area contributed by atoms with Gasteiger partial charge in [0.25, 0.3) is 0 Å². The van der Waals surface area contributed by atoms with E-state index in [2.05, 4.69) is 11.7 Å². The van der Waals surface area contributed by atoms with Crippen molar-refractivity contribution in [1.29, 1.82) is 0 Å². The zero-order chi connectivity index (χ0) is 27.7. The minimum Gasteiger partial charge on any atom is -1.00 e. The van der Waals surface area contributed by atoms with Crippen molar-refractivity contribution >= 4 is 5.97 Å². The number of benzene rings is 3. The first-order chi connectivity index (χ1) is 18.9. The molecule has 0 aromatic heterocycles. The number of carbonyl (C=O) groups is 1. The molecule has 41 heavy (non-hydrogen) atoms. The van der Waals surface area contributed by atoms with Gasteiger partial charge in [-0.1, -0.05) is 91.0 Å². The number of hydrogen-bond acceptors (Lipinski definition) is 6. The standard InChI is InChI=1S/C31H33F2O6.BrH.Hg/c1-3-35-30(34)31(32,33)29-28(38-21-25-17-11-6-12-18-25)27(37-20-24-15-9-5-10-16-24)26(22(2)39-29)36-19-23-13-7-4-8-14-23;;/h4-18,22,26-29H,2-3,19-21H2,1H3;1H;/q;;+1/p-1/t22-,26+,27-,28+,29-;;/m0../s1. The molecule has 4 rings (SSSR count). The van der Waals surface area contributed by atoms with Gasteiger partial charge in [0.05, 0.1) is 32.5 Å². The molecule has 3 aromatic rings. The maximum absolute atomic E-state index is 15.5. The predicted octanol–water partition coefficient (Wildman–Crippen LogP) is 2.54. The third-order valence-electron chi connectivity index (χ3n) is 6.39. The van der Waals surface area contributed by atoms with Crippen LogP contribution in [0.3, 0.4) is 0 Å². The van der Waals surface area contributed by atoms with Crippen LogP contribution in [-0.4, -0.2) is 49.0 Å². The van der Waals surface area contributed by atoms with Crippen LogP contribution < -0.4 is 17.0 Å². The molecule has 216 valence electrons. The second kappa shape index (κ2) is 17.4. The summed E-state index contributed by atoms with van der Waals surface area (Å²) in [6, 6.07) is 27.9. The Bertz CT molecular complexity index is 1160. The summed E-state index contributed by atoms with van der Waals surface area (Å²) < 4.78 is 60.0. The van der Waals surface area contributed by atoms with Crippen LogP contribution in [0.4, 0.5) is 8.78 Å². The molecule has 10 heteroatoms. The fourth-order valence-electron chi connectivity index (χ4n) is 4.42. The van der Waals surface area contributed by atoms with Crippen LogP contribution in [0.25, 0.3) is 0 Å². The average Bonchev–Trinajstić information content (AvgIpc) is 2.96. The van der Waals surface area contributed by atoms with Crippen molar-refractivity contribution in [2.75, 3.05) is 6.61 Å². The molecule has 5 atom stereocenters. The van der Waals surface area contributed by atoms with Crippen molar-refractivity contribution in [3.63, 3.8) is 0 Å². The molecule has 0 spiro atoms. The van der Waals surface area contributed by atoms with Crippen molar-refractivity contribution < 1.29 is 81.9 Å². The fourth-order valence-corrected chi connectivity index (χ4v) is 4.42. The van der Waals surface area contributed by atoms with Gasteiger partial charge >= 0.3 is 39.6 Å². The van der Waals surface area contributed by atoms with E-state index in [9.17, 15) is 4.79 Å². The molecule has 3 aromatic carbocycles. The normalized spacial score (nSPS) is 22.2. The molecule has 0 amide bonds. The van der Waals surface area contributed by atoms with E-state index in [1.54, 1.807) is 0 Å². The number of carbonyl (C=O) groups excluding carboxylic acids is 1. The van der Waals surface area contributed by atoms with Crippen molar-refractivity contribution in [3.8, 4) is 0 Å². The molecule has 0 aliphatic carbocycles. The molecule has 1 saturated heterocycles. The third kappa shape index (κ3) is 9.63. The Morgan fingerprint density at radius 3 is 1.56 bits per heavy atom. The first kappa shape index (κ1) is 35.4. The summed E-state index contributed by atoms with van der Waals surface area (Å²) in [4.78, 5) is 12.4. The van der Waals surface area contributed by atoms with Gasteiger partial charge < -0.3 is 40.7 Å². The van der Waals surface area contributed by atoms with E-state index in [-0.39, 0.29) is 71.1 Å². The van der Waals surface area contributed by atoms with Crippen molar-refractivity contribution in [3.05, 3.63) is 115 Å². The maximum atomic E-state index is 15.5. The Balaban J connectivity index is 0.00000294. The molecule has 1 fully saturated rings. The Hall–Kier alpha value is -1.75.